The van der Waals surface area contributed by atoms with Gasteiger partial charge < -0.3 is 15.0 Å². The summed E-state index contributed by atoms with van der Waals surface area (Å²) in [5.74, 6) is 0.414. The van der Waals surface area contributed by atoms with Crippen molar-refractivity contribution in [3.8, 4) is 5.75 Å². The van der Waals surface area contributed by atoms with Gasteiger partial charge in [-0.05, 0) is 105 Å². The van der Waals surface area contributed by atoms with Crippen molar-refractivity contribution in [2.75, 3.05) is 25.1 Å². The predicted molar refractivity (Wildman–Crippen MR) is 156 cm³/mol. The van der Waals surface area contributed by atoms with E-state index in [4.69, 9.17) is 4.74 Å². The summed E-state index contributed by atoms with van der Waals surface area (Å²) in [6, 6.07) is 23.3. The average molecular weight is 527 g/mol. The molecule has 5 heteroatoms. The van der Waals surface area contributed by atoms with Crippen molar-refractivity contribution in [2.45, 2.75) is 62.8 Å². The van der Waals surface area contributed by atoms with E-state index in [9.17, 15) is 9.18 Å². The number of unbranched alkanes of at least 4 members (excludes halogenated alkanes) is 1. The summed E-state index contributed by atoms with van der Waals surface area (Å²) in [7, 11) is 1.74. The molecule has 1 fully saturated rings. The zero-order valence-electron chi connectivity index (χ0n) is 22.9. The Bertz CT molecular complexity index is 1290. The molecule has 0 bridgehead atoms. The fourth-order valence-corrected chi connectivity index (χ4v) is 6.72. The summed E-state index contributed by atoms with van der Waals surface area (Å²) < 4.78 is 18.8. The third-order valence-corrected chi connectivity index (χ3v) is 8.62. The fourth-order valence-electron chi connectivity index (χ4n) is 6.72. The monoisotopic (exact) mass is 526 g/mol. The first-order chi connectivity index (χ1) is 19.0. The van der Waals surface area contributed by atoms with Crippen molar-refractivity contribution in [3.63, 3.8) is 0 Å². The minimum atomic E-state index is -0.336. The van der Waals surface area contributed by atoms with E-state index in [2.05, 4.69) is 65.3 Å². The van der Waals surface area contributed by atoms with Crippen LogP contribution in [0.15, 0.2) is 84.9 Å². The summed E-state index contributed by atoms with van der Waals surface area (Å²) in [5, 5.41) is 3.00. The Labute approximate surface area is 231 Å². The van der Waals surface area contributed by atoms with E-state index in [1.54, 1.807) is 7.11 Å². The van der Waals surface area contributed by atoms with Gasteiger partial charge in [0, 0.05) is 35.8 Å². The molecule has 2 aliphatic rings. The number of aryl methyl sites for hydroxylation is 1. The summed E-state index contributed by atoms with van der Waals surface area (Å²) in [6.07, 6.45) is 8.42. The zero-order chi connectivity index (χ0) is 27.2. The molecule has 1 aliphatic heterocycles. The third kappa shape index (κ3) is 5.59. The molecule has 4 nitrogen and oxygen atoms in total. The Morgan fingerprint density at radius 1 is 1.08 bits per heavy atom. The molecule has 2 atom stereocenters. The average Bonchev–Trinajstić information content (AvgIpc) is 3.47. The van der Waals surface area contributed by atoms with Crippen LogP contribution in [-0.2, 0) is 11.8 Å². The van der Waals surface area contributed by atoms with Gasteiger partial charge in [0.2, 0.25) is 0 Å². The van der Waals surface area contributed by atoms with Gasteiger partial charge in [0.1, 0.15) is 11.6 Å². The second-order valence-electron chi connectivity index (χ2n) is 10.9. The number of fused-ring (bicyclic) bond motifs is 2. The molecule has 204 valence electrons. The van der Waals surface area contributed by atoms with Crippen molar-refractivity contribution in [2.24, 2.45) is 0 Å². The second-order valence-corrected chi connectivity index (χ2v) is 10.9. The van der Waals surface area contributed by atoms with Gasteiger partial charge in [-0.1, -0.05) is 42.5 Å². The number of benzene rings is 3. The van der Waals surface area contributed by atoms with Gasteiger partial charge in [0.15, 0.2) is 0 Å². The van der Waals surface area contributed by atoms with Crippen LogP contribution in [0.3, 0.4) is 0 Å². The Morgan fingerprint density at radius 2 is 1.87 bits per heavy atom. The molecular weight excluding hydrogens is 487 g/mol. The van der Waals surface area contributed by atoms with Crippen LogP contribution in [0.25, 0.3) is 0 Å². The Morgan fingerprint density at radius 3 is 2.59 bits per heavy atom. The number of carbonyl (C=O) groups excluding carboxylic acids is 1. The van der Waals surface area contributed by atoms with Gasteiger partial charge in [-0.25, -0.2) is 4.39 Å². The molecule has 1 amide bonds. The number of carbonyl (C=O) groups is 1. The normalized spacial score (nSPS) is 19.9. The SMILES string of the molecule is C=C1CCC[C@@]12c1cc(OC)ccc1N(CCCc1ccccc1)[C@H]2CCCCNC(=O)c1ccc(F)cc1. The van der Waals surface area contributed by atoms with Crippen molar-refractivity contribution < 1.29 is 13.9 Å². The number of hydrogen-bond acceptors (Lipinski definition) is 3. The highest BCUT2D eigenvalue weighted by atomic mass is 19.1. The Hall–Kier alpha value is -3.60. The van der Waals surface area contributed by atoms with Gasteiger partial charge in [0.05, 0.1) is 7.11 Å². The molecule has 0 saturated heterocycles. The molecule has 39 heavy (non-hydrogen) atoms. The fraction of sp³-hybridized carbons (Fsp3) is 0.382. The number of nitrogens with one attached hydrogen (secondary N) is 1. The Kier molecular flexibility index (Phi) is 8.35. The molecule has 0 radical (unpaired) electrons. The first kappa shape index (κ1) is 27.0. The maximum absolute atomic E-state index is 13.2. The number of nitrogens with zero attached hydrogens (tertiary/aromatic N) is 1. The molecule has 1 heterocycles. The number of amides is 1. The minimum absolute atomic E-state index is 0.0476. The highest BCUT2D eigenvalue weighted by molar-refractivity contribution is 5.94. The van der Waals surface area contributed by atoms with Crippen LogP contribution in [0, 0.1) is 5.82 Å². The van der Waals surface area contributed by atoms with Crippen LogP contribution in [0.1, 0.15) is 66.4 Å². The van der Waals surface area contributed by atoms with Gasteiger partial charge in [0.25, 0.3) is 5.91 Å². The van der Waals surface area contributed by atoms with Crippen molar-refractivity contribution in [3.05, 3.63) is 107 Å². The summed E-state index contributed by atoms with van der Waals surface area (Å²) in [6.45, 7) is 6.21. The molecule has 5 rings (SSSR count). The quantitative estimate of drug-likeness (QED) is 0.212. The largest absolute Gasteiger partial charge is 0.497 e. The van der Waals surface area contributed by atoms with E-state index < -0.39 is 0 Å². The van der Waals surface area contributed by atoms with E-state index in [0.717, 1.165) is 63.7 Å². The molecule has 1 N–H and O–H groups in total. The van der Waals surface area contributed by atoms with E-state index in [0.29, 0.717) is 18.2 Å². The van der Waals surface area contributed by atoms with Crippen LogP contribution in [0.4, 0.5) is 10.1 Å². The van der Waals surface area contributed by atoms with Gasteiger partial charge in [-0.3, -0.25) is 4.79 Å². The lowest BCUT2D eigenvalue weighted by atomic mass is 9.71. The van der Waals surface area contributed by atoms with Crippen LogP contribution in [-0.4, -0.2) is 32.1 Å². The highest BCUT2D eigenvalue weighted by Gasteiger charge is 2.53. The molecule has 0 aromatic heterocycles. The molecule has 3 aromatic rings. The number of ether oxygens (including phenoxy) is 1. The number of halogens is 1. The predicted octanol–water partition coefficient (Wildman–Crippen LogP) is 7.23. The first-order valence-corrected chi connectivity index (χ1v) is 14.2. The van der Waals surface area contributed by atoms with E-state index in [-0.39, 0.29) is 17.1 Å². The highest BCUT2D eigenvalue weighted by Crippen LogP contribution is 2.58. The van der Waals surface area contributed by atoms with Crippen molar-refractivity contribution in [1.29, 1.82) is 0 Å². The van der Waals surface area contributed by atoms with Crippen molar-refractivity contribution >= 4 is 11.6 Å². The molecule has 0 unspecified atom stereocenters. The van der Waals surface area contributed by atoms with Crippen LogP contribution in [0.5, 0.6) is 5.75 Å². The maximum Gasteiger partial charge on any atom is 0.251 e. The molecule has 1 saturated carbocycles. The van der Waals surface area contributed by atoms with E-state index in [1.165, 1.54) is 46.7 Å². The molecule has 1 aliphatic carbocycles. The molecule has 3 aromatic carbocycles. The van der Waals surface area contributed by atoms with Crippen LogP contribution < -0.4 is 15.0 Å². The maximum atomic E-state index is 13.2. The summed E-state index contributed by atoms with van der Waals surface area (Å²) >= 11 is 0. The van der Waals surface area contributed by atoms with Gasteiger partial charge >= 0.3 is 0 Å². The number of hydrogen-bond donors (Lipinski definition) is 1. The van der Waals surface area contributed by atoms with Gasteiger partial charge in [-0.15, -0.1) is 0 Å². The van der Waals surface area contributed by atoms with Crippen molar-refractivity contribution in [1.82, 2.24) is 5.32 Å². The zero-order valence-corrected chi connectivity index (χ0v) is 22.9. The standard InChI is InChI=1S/C34H39FN2O2/c1-25-10-8-21-34(25)30-24-29(39-2)19-20-31(30)37(23-9-13-26-11-4-3-5-12-26)32(34)14-6-7-22-36-33(38)27-15-17-28(35)18-16-27/h3-5,11-12,15-20,24,32H,1,6-10,13-14,21-23H2,2H3,(H,36,38)/t32-,34-/m0/s1. The second kappa shape index (κ2) is 12.1. The van der Waals surface area contributed by atoms with Crippen LogP contribution >= 0.6 is 0 Å². The number of methoxy groups -OCH3 is 1. The van der Waals surface area contributed by atoms with Crippen LogP contribution in [0.2, 0.25) is 0 Å². The topological polar surface area (TPSA) is 41.6 Å². The number of rotatable bonds is 11. The van der Waals surface area contributed by atoms with Gasteiger partial charge in [-0.2, -0.15) is 0 Å². The summed E-state index contributed by atoms with van der Waals surface area (Å²) in [4.78, 5) is 15.1. The minimum Gasteiger partial charge on any atom is -0.497 e. The lowest BCUT2D eigenvalue weighted by Gasteiger charge is -2.38. The van der Waals surface area contributed by atoms with E-state index >= 15 is 0 Å². The lowest BCUT2D eigenvalue weighted by molar-refractivity contribution is 0.0952. The number of anilines is 1. The summed E-state index contributed by atoms with van der Waals surface area (Å²) in [5.41, 5.74) is 5.85. The smallest absolute Gasteiger partial charge is 0.251 e. The Balaban J connectivity index is 1.29. The molecular formula is C34H39FN2O2. The first-order valence-electron chi connectivity index (χ1n) is 14.2. The third-order valence-electron chi connectivity index (χ3n) is 8.62. The molecule has 1 spiro atoms. The lowest BCUT2D eigenvalue weighted by Crippen LogP contribution is -2.45. The van der Waals surface area contributed by atoms with E-state index in [1.807, 2.05) is 0 Å².